The predicted octanol–water partition coefficient (Wildman–Crippen LogP) is 3.05. The maximum Gasteiger partial charge on any atom is 0.246 e. The van der Waals surface area contributed by atoms with Gasteiger partial charge >= 0.3 is 0 Å². The van der Waals surface area contributed by atoms with Crippen molar-refractivity contribution < 1.29 is 9.32 Å². The van der Waals surface area contributed by atoms with Crippen LogP contribution in [0.5, 0.6) is 0 Å². The summed E-state index contributed by atoms with van der Waals surface area (Å²) in [5, 5.41) is 3.98. The first-order valence-corrected chi connectivity index (χ1v) is 6.92. The maximum absolute atomic E-state index is 12.1. The van der Waals surface area contributed by atoms with Crippen LogP contribution in [0.4, 0.5) is 0 Å². The average molecular weight is 287 g/mol. The first-order chi connectivity index (χ1) is 9.77. The van der Waals surface area contributed by atoms with Gasteiger partial charge in [-0.05, 0) is 13.0 Å². The fraction of sp³-hybridized carbons (Fsp3) is 0.438. The molecule has 112 valence electrons. The quantitative estimate of drug-likeness (QED) is 0.870. The van der Waals surface area contributed by atoms with E-state index in [0.29, 0.717) is 18.3 Å². The molecule has 0 aliphatic rings. The van der Waals surface area contributed by atoms with Gasteiger partial charge in [-0.1, -0.05) is 49.7 Å². The van der Waals surface area contributed by atoms with Crippen molar-refractivity contribution in [3.63, 3.8) is 0 Å². The number of carbonyl (C=O) groups is 1. The molecule has 2 rings (SSSR count). The van der Waals surface area contributed by atoms with Crippen LogP contribution in [0.2, 0.25) is 0 Å². The van der Waals surface area contributed by atoms with Crippen molar-refractivity contribution >= 4 is 5.91 Å². The standard InChI is InChI=1S/C16H21N3O2/c1-11-7-6-8-12(9-11)14-17-13(21-18-14)10-19(5)15(20)16(2,3)4/h6-9H,10H2,1-5H3. The number of hydrogen-bond donors (Lipinski definition) is 0. The number of hydrogen-bond acceptors (Lipinski definition) is 4. The molecule has 0 spiro atoms. The van der Waals surface area contributed by atoms with Crippen LogP contribution in [0.25, 0.3) is 11.4 Å². The molecule has 0 radical (unpaired) electrons. The van der Waals surface area contributed by atoms with Crippen molar-refractivity contribution in [1.29, 1.82) is 0 Å². The summed E-state index contributed by atoms with van der Waals surface area (Å²) >= 11 is 0. The van der Waals surface area contributed by atoms with Crippen molar-refractivity contribution in [3.8, 4) is 11.4 Å². The minimum Gasteiger partial charge on any atom is -0.337 e. The summed E-state index contributed by atoms with van der Waals surface area (Å²) in [6.45, 7) is 7.99. The number of amides is 1. The lowest BCUT2D eigenvalue weighted by molar-refractivity contribution is -0.138. The third-order valence-corrected chi connectivity index (χ3v) is 3.11. The summed E-state index contributed by atoms with van der Waals surface area (Å²) in [5.41, 5.74) is 1.63. The molecule has 0 saturated carbocycles. The van der Waals surface area contributed by atoms with Crippen molar-refractivity contribution in [2.45, 2.75) is 34.2 Å². The minimum absolute atomic E-state index is 0.0396. The topological polar surface area (TPSA) is 59.2 Å². The van der Waals surface area contributed by atoms with Crippen LogP contribution < -0.4 is 0 Å². The van der Waals surface area contributed by atoms with Crippen LogP contribution in [-0.2, 0) is 11.3 Å². The molecular weight excluding hydrogens is 266 g/mol. The van der Waals surface area contributed by atoms with Crippen molar-refractivity contribution in [3.05, 3.63) is 35.7 Å². The Morgan fingerprint density at radius 2 is 2.05 bits per heavy atom. The molecule has 0 N–H and O–H groups in total. The molecule has 0 fully saturated rings. The fourth-order valence-corrected chi connectivity index (χ4v) is 2.07. The number of rotatable bonds is 3. The molecule has 0 unspecified atom stereocenters. The molecule has 0 saturated heterocycles. The summed E-state index contributed by atoms with van der Waals surface area (Å²) < 4.78 is 5.24. The van der Waals surface area contributed by atoms with E-state index in [1.807, 2.05) is 52.0 Å². The van der Waals surface area contributed by atoms with E-state index < -0.39 is 5.41 Å². The van der Waals surface area contributed by atoms with Gasteiger partial charge in [-0.2, -0.15) is 4.98 Å². The number of aryl methyl sites for hydroxylation is 1. The third-order valence-electron chi connectivity index (χ3n) is 3.11. The van der Waals surface area contributed by atoms with Gasteiger partial charge in [0.05, 0.1) is 6.54 Å². The van der Waals surface area contributed by atoms with Crippen molar-refractivity contribution in [2.24, 2.45) is 5.41 Å². The lowest BCUT2D eigenvalue weighted by atomic mass is 9.95. The van der Waals surface area contributed by atoms with Crippen molar-refractivity contribution in [2.75, 3.05) is 7.05 Å². The Balaban J connectivity index is 2.12. The molecule has 21 heavy (non-hydrogen) atoms. The largest absolute Gasteiger partial charge is 0.337 e. The molecule has 0 aliphatic heterocycles. The highest BCUT2D eigenvalue weighted by Gasteiger charge is 2.26. The first kappa shape index (κ1) is 15.2. The Bertz CT molecular complexity index is 641. The van der Waals surface area contributed by atoms with Gasteiger partial charge in [-0.15, -0.1) is 0 Å². The van der Waals surface area contributed by atoms with Gasteiger partial charge < -0.3 is 9.42 Å². The molecule has 1 heterocycles. The highest BCUT2D eigenvalue weighted by atomic mass is 16.5. The summed E-state index contributed by atoms with van der Waals surface area (Å²) in [5.74, 6) is 1.02. The second-order valence-corrected chi connectivity index (χ2v) is 6.29. The third kappa shape index (κ3) is 3.68. The van der Waals surface area contributed by atoms with E-state index in [2.05, 4.69) is 10.1 Å². The van der Waals surface area contributed by atoms with E-state index in [0.717, 1.165) is 11.1 Å². The van der Waals surface area contributed by atoms with Crippen LogP contribution in [0.1, 0.15) is 32.2 Å². The van der Waals surface area contributed by atoms with E-state index in [4.69, 9.17) is 4.52 Å². The Morgan fingerprint density at radius 3 is 2.67 bits per heavy atom. The molecule has 2 aromatic rings. The lowest BCUT2D eigenvalue weighted by Gasteiger charge is -2.24. The van der Waals surface area contributed by atoms with E-state index in [-0.39, 0.29) is 5.91 Å². The maximum atomic E-state index is 12.1. The molecule has 0 bridgehead atoms. The minimum atomic E-state index is -0.422. The van der Waals surface area contributed by atoms with E-state index in [9.17, 15) is 4.79 Å². The molecule has 5 nitrogen and oxygen atoms in total. The number of benzene rings is 1. The van der Waals surface area contributed by atoms with Crippen LogP contribution >= 0.6 is 0 Å². The zero-order chi connectivity index (χ0) is 15.6. The summed E-state index contributed by atoms with van der Waals surface area (Å²) in [6, 6.07) is 7.90. The summed E-state index contributed by atoms with van der Waals surface area (Å²) in [6.07, 6.45) is 0. The van der Waals surface area contributed by atoms with Gasteiger partial charge in [0.1, 0.15) is 0 Å². The molecule has 5 heteroatoms. The molecule has 1 amide bonds. The molecule has 0 atom stereocenters. The van der Waals surface area contributed by atoms with Crippen LogP contribution in [-0.4, -0.2) is 28.0 Å². The highest BCUT2D eigenvalue weighted by Crippen LogP contribution is 2.20. The zero-order valence-electron chi connectivity index (χ0n) is 13.2. The van der Waals surface area contributed by atoms with Crippen LogP contribution in [0, 0.1) is 12.3 Å². The van der Waals surface area contributed by atoms with Crippen molar-refractivity contribution in [1.82, 2.24) is 15.0 Å². The normalized spacial score (nSPS) is 11.5. The monoisotopic (exact) mass is 287 g/mol. The smallest absolute Gasteiger partial charge is 0.246 e. The van der Waals surface area contributed by atoms with Crippen LogP contribution in [0.3, 0.4) is 0 Å². The summed E-state index contributed by atoms with van der Waals surface area (Å²) in [4.78, 5) is 18.1. The van der Waals surface area contributed by atoms with E-state index in [1.54, 1.807) is 11.9 Å². The van der Waals surface area contributed by atoms with Gasteiger partial charge in [-0.25, -0.2) is 0 Å². The molecular formula is C16H21N3O2. The molecule has 0 aliphatic carbocycles. The van der Waals surface area contributed by atoms with Gasteiger partial charge in [0, 0.05) is 18.0 Å². The zero-order valence-corrected chi connectivity index (χ0v) is 13.2. The lowest BCUT2D eigenvalue weighted by Crippen LogP contribution is -2.36. The van der Waals surface area contributed by atoms with Gasteiger partial charge in [-0.3, -0.25) is 4.79 Å². The number of carbonyl (C=O) groups excluding carboxylic acids is 1. The van der Waals surface area contributed by atoms with E-state index in [1.165, 1.54) is 0 Å². The fourth-order valence-electron chi connectivity index (χ4n) is 2.07. The Labute approximate surface area is 125 Å². The predicted molar refractivity (Wildman–Crippen MR) is 80.4 cm³/mol. The first-order valence-electron chi connectivity index (χ1n) is 6.92. The SMILES string of the molecule is Cc1cccc(-c2noc(CN(C)C(=O)C(C)(C)C)n2)c1. The van der Waals surface area contributed by atoms with Crippen LogP contribution in [0.15, 0.2) is 28.8 Å². The summed E-state index contributed by atoms with van der Waals surface area (Å²) in [7, 11) is 1.74. The van der Waals surface area contributed by atoms with E-state index >= 15 is 0 Å². The molecule has 1 aromatic heterocycles. The van der Waals surface area contributed by atoms with Gasteiger partial charge in [0.15, 0.2) is 0 Å². The Hall–Kier alpha value is -2.17. The van der Waals surface area contributed by atoms with Gasteiger partial charge in [0.2, 0.25) is 17.6 Å². The second-order valence-electron chi connectivity index (χ2n) is 6.29. The highest BCUT2D eigenvalue weighted by molar-refractivity contribution is 5.81. The molecule has 1 aromatic carbocycles. The van der Waals surface area contributed by atoms with Gasteiger partial charge in [0.25, 0.3) is 0 Å². The number of aromatic nitrogens is 2. The Kier molecular flexibility index (Phi) is 4.11. The number of nitrogens with zero attached hydrogens (tertiary/aromatic N) is 3. The Morgan fingerprint density at radius 1 is 1.33 bits per heavy atom. The average Bonchev–Trinajstić information content (AvgIpc) is 2.85. The second kappa shape index (κ2) is 5.68.